The van der Waals surface area contributed by atoms with Crippen LogP contribution in [0.1, 0.15) is 36.1 Å². The zero-order chi connectivity index (χ0) is 13.0. The molecule has 2 N–H and O–H groups in total. The third-order valence-electron chi connectivity index (χ3n) is 2.95. The van der Waals surface area contributed by atoms with E-state index in [1.807, 2.05) is 11.8 Å². The van der Waals surface area contributed by atoms with Crippen molar-refractivity contribution in [3.8, 4) is 0 Å². The fourth-order valence-electron chi connectivity index (χ4n) is 1.81. The smallest absolute Gasteiger partial charge is 0.0475 e. The summed E-state index contributed by atoms with van der Waals surface area (Å²) in [6.07, 6.45) is 0. The molecular weight excluding hydrogens is 258 g/mol. The Balaban J connectivity index is 2.08. The van der Waals surface area contributed by atoms with Gasteiger partial charge in [-0.25, -0.2) is 0 Å². The van der Waals surface area contributed by atoms with Crippen molar-refractivity contribution in [3.05, 3.63) is 52.2 Å². The highest BCUT2D eigenvalue weighted by molar-refractivity contribution is 7.99. The molecule has 0 fully saturated rings. The Morgan fingerprint density at radius 2 is 1.83 bits per heavy atom. The number of thioether (sulfide) groups is 1. The molecule has 0 bridgehead atoms. The molecule has 0 amide bonds. The number of nitrogens with two attached hydrogens (primary N) is 1. The van der Waals surface area contributed by atoms with Crippen LogP contribution in [-0.4, -0.2) is 6.54 Å². The zero-order valence-corrected chi connectivity index (χ0v) is 12.4. The Kier molecular flexibility index (Phi) is 4.87. The predicted octanol–water partition coefficient (Wildman–Crippen LogP) is 4.66. The van der Waals surface area contributed by atoms with E-state index >= 15 is 0 Å². The van der Waals surface area contributed by atoms with Gasteiger partial charge in [-0.3, -0.25) is 0 Å². The van der Waals surface area contributed by atoms with E-state index < -0.39 is 0 Å². The van der Waals surface area contributed by atoms with Crippen LogP contribution in [0.25, 0.3) is 0 Å². The van der Waals surface area contributed by atoms with Crippen LogP contribution >= 0.6 is 23.1 Å². The second-order valence-corrected chi connectivity index (χ2v) is 6.68. The second kappa shape index (κ2) is 6.41. The first-order chi connectivity index (χ1) is 8.70. The highest BCUT2D eigenvalue weighted by atomic mass is 32.2. The van der Waals surface area contributed by atoms with Crippen molar-refractivity contribution < 1.29 is 0 Å². The molecule has 1 aromatic carbocycles. The molecule has 1 heterocycles. The molecule has 0 radical (unpaired) electrons. The Hall–Kier alpha value is -0.770. The third kappa shape index (κ3) is 3.37. The van der Waals surface area contributed by atoms with Gasteiger partial charge in [0.25, 0.3) is 0 Å². The van der Waals surface area contributed by atoms with E-state index in [1.54, 1.807) is 11.3 Å². The van der Waals surface area contributed by atoms with Crippen LogP contribution in [0.3, 0.4) is 0 Å². The van der Waals surface area contributed by atoms with Crippen molar-refractivity contribution in [1.82, 2.24) is 0 Å². The lowest BCUT2D eigenvalue weighted by Crippen LogP contribution is -2.08. The minimum Gasteiger partial charge on any atom is -0.329 e. The molecule has 1 atom stereocenters. The van der Waals surface area contributed by atoms with E-state index in [-0.39, 0.29) is 0 Å². The maximum atomic E-state index is 5.87. The summed E-state index contributed by atoms with van der Waals surface area (Å²) in [6.45, 7) is 5.11. The highest BCUT2D eigenvalue weighted by Crippen LogP contribution is 2.35. The van der Waals surface area contributed by atoms with E-state index in [1.165, 1.54) is 16.0 Å². The minimum atomic E-state index is 0.362. The van der Waals surface area contributed by atoms with Crippen molar-refractivity contribution in [2.24, 2.45) is 5.73 Å². The molecule has 1 nitrogen and oxygen atoms in total. The molecule has 2 rings (SSSR count). The van der Waals surface area contributed by atoms with E-state index in [0.717, 1.165) is 0 Å². The molecule has 1 unspecified atom stereocenters. The summed E-state index contributed by atoms with van der Waals surface area (Å²) >= 11 is 3.58. The molecule has 0 spiro atoms. The van der Waals surface area contributed by atoms with E-state index in [4.69, 9.17) is 5.73 Å². The standard InChI is InChI=1S/C15H19NS2/c1-11(2)12-3-5-14(6-4-12)18-15(9-16)13-7-8-17-10-13/h3-8,10-11,15H,9,16H2,1-2H3. The van der Waals surface area contributed by atoms with Gasteiger partial charge in [-0.1, -0.05) is 26.0 Å². The molecular formula is C15H19NS2. The van der Waals surface area contributed by atoms with Crippen LogP contribution in [0, 0.1) is 0 Å². The monoisotopic (exact) mass is 277 g/mol. The number of thiophene rings is 1. The summed E-state index contributed by atoms with van der Waals surface area (Å²) in [7, 11) is 0. The van der Waals surface area contributed by atoms with E-state index in [9.17, 15) is 0 Å². The average Bonchev–Trinajstić information content (AvgIpc) is 2.90. The van der Waals surface area contributed by atoms with Gasteiger partial charge in [0.15, 0.2) is 0 Å². The number of hydrogen-bond acceptors (Lipinski definition) is 3. The van der Waals surface area contributed by atoms with Crippen LogP contribution in [0.5, 0.6) is 0 Å². The first kappa shape index (κ1) is 13.7. The largest absolute Gasteiger partial charge is 0.329 e. The van der Waals surface area contributed by atoms with E-state index in [0.29, 0.717) is 17.7 Å². The van der Waals surface area contributed by atoms with Crippen molar-refractivity contribution in [2.75, 3.05) is 6.54 Å². The fourth-order valence-corrected chi connectivity index (χ4v) is 3.61. The summed E-state index contributed by atoms with van der Waals surface area (Å²) < 4.78 is 0. The van der Waals surface area contributed by atoms with Gasteiger partial charge in [0, 0.05) is 16.7 Å². The first-order valence-corrected chi connectivity index (χ1v) is 8.01. The molecule has 96 valence electrons. The summed E-state index contributed by atoms with van der Waals surface area (Å²) in [5, 5.41) is 4.66. The summed E-state index contributed by atoms with van der Waals surface area (Å²) in [4.78, 5) is 1.29. The van der Waals surface area contributed by atoms with Crippen molar-refractivity contribution >= 4 is 23.1 Å². The van der Waals surface area contributed by atoms with Gasteiger partial charge < -0.3 is 5.73 Å². The molecule has 0 aliphatic heterocycles. The Bertz CT molecular complexity index is 460. The molecule has 0 aliphatic rings. The summed E-state index contributed by atoms with van der Waals surface area (Å²) in [6, 6.07) is 11.0. The number of hydrogen-bond donors (Lipinski definition) is 1. The second-order valence-electron chi connectivity index (χ2n) is 4.62. The predicted molar refractivity (Wildman–Crippen MR) is 82.5 cm³/mol. The summed E-state index contributed by atoms with van der Waals surface area (Å²) in [5.74, 6) is 0.589. The molecule has 18 heavy (non-hydrogen) atoms. The van der Waals surface area contributed by atoms with Crippen LogP contribution in [0.2, 0.25) is 0 Å². The topological polar surface area (TPSA) is 26.0 Å². The Labute approximate surface area is 117 Å². The molecule has 0 saturated carbocycles. The van der Waals surface area contributed by atoms with Gasteiger partial charge in [0.2, 0.25) is 0 Å². The van der Waals surface area contributed by atoms with E-state index in [2.05, 4.69) is 54.9 Å². The van der Waals surface area contributed by atoms with Gasteiger partial charge in [-0.15, -0.1) is 11.8 Å². The van der Waals surface area contributed by atoms with Crippen LogP contribution in [0.4, 0.5) is 0 Å². The zero-order valence-electron chi connectivity index (χ0n) is 10.8. The fraction of sp³-hybridized carbons (Fsp3) is 0.333. The molecule has 0 aliphatic carbocycles. The highest BCUT2D eigenvalue weighted by Gasteiger charge is 2.11. The Morgan fingerprint density at radius 1 is 1.11 bits per heavy atom. The molecule has 1 aromatic heterocycles. The van der Waals surface area contributed by atoms with Gasteiger partial charge in [0.1, 0.15) is 0 Å². The average molecular weight is 277 g/mol. The normalized spacial score (nSPS) is 12.9. The van der Waals surface area contributed by atoms with Gasteiger partial charge >= 0.3 is 0 Å². The molecule has 2 aromatic rings. The summed E-state index contributed by atoms with van der Waals surface area (Å²) in [5.41, 5.74) is 8.60. The third-order valence-corrected chi connectivity index (χ3v) is 4.95. The maximum absolute atomic E-state index is 5.87. The number of benzene rings is 1. The maximum Gasteiger partial charge on any atom is 0.0475 e. The quantitative estimate of drug-likeness (QED) is 0.804. The minimum absolute atomic E-state index is 0.362. The van der Waals surface area contributed by atoms with Crippen LogP contribution in [-0.2, 0) is 0 Å². The molecule has 3 heteroatoms. The SMILES string of the molecule is CC(C)c1ccc(SC(CN)c2ccsc2)cc1. The van der Waals surface area contributed by atoms with Crippen molar-refractivity contribution in [1.29, 1.82) is 0 Å². The van der Waals surface area contributed by atoms with Crippen LogP contribution in [0.15, 0.2) is 46.0 Å². The van der Waals surface area contributed by atoms with Crippen LogP contribution < -0.4 is 5.73 Å². The molecule has 0 saturated heterocycles. The lowest BCUT2D eigenvalue weighted by molar-refractivity contribution is 0.864. The lowest BCUT2D eigenvalue weighted by atomic mass is 10.0. The van der Waals surface area contributed by atoms with Gasteiger partial charge in [-0.2, -0.15) is 11.3 Å². The number of rotatable bonds is 5. The van der Waals surface area contributed by atoms with Crippen molar-refractivity contribution in [3.63, 3.8) is 0 Å². The van der Waals surface area contributed by atoms with Crippen molar-refractivity contribution in [2.45, 2.75) is 29.9 Å². The Morgan fingerprint density at radius 3 is 2.33 bits per heavy atom. The van der Waals surface area contributed by atoms with Gasteiger partial charge in [0.05, 0.1) is 0 Å². The lowest BCUT2D eigenvalue weighted by Gasteiger charge is -2.13. The van der Waals surface area contributed by atoms with Gasteiger partial charge in [-0.05, 0) is 46.0 Å². The first-order valence-electron chi connectivity index (χ1n) is 6.19.